The molecule has 0 unspecified atom stereocenters. The van der Waals surface area contributed by atoms with Crippen molar-refractivity contribution < 1.29 is 8.78 Å². The molecule has 1 fully saturated rings. The third kappa shape index (κ3) is 1.46. The van der Waals surface area contributed by atoms with Gasteiger partial charge in [-0.2, -0.15) is 0 Å². The first-order valence-electron chi connectivity index (χ1n) is 4.47. The van der Waals surface area contributed by atoms with Crippen molar-refractivity contribution in [3.05, 3.63) is 33.8 Å². The van der Waals surface area contributed by atoms with Crippen LogP contribution < -0.4 is 5.73 Å². The summed E-state index contributed by atoms with van der Waals surface area (Å²) in [7, 11) is 0. The summed E-state index contributed by atoms with van der Waals surface area (Å²) in [5.41, 5.74) is 5.79. The van der Waals surface area contributed by atoms with Gasteiger partial charge in [0, 0.05) is 17.2 Å². The lowest BCUT2D eigenvalue weighted by atomic mass is 9.72. The fourth-order valence-corrected chi connectivity index (χ4v) is 2.07. The number of rotatable bonds is 1. The Labute approximate surface area is 89.4 Å². The molecule has 0 amide bonds. The highest BCUT2D eigenvalue weighted by Crippen LogP contribution is 2.40. The first-order chi connectivity index (χ1) is 6.53. The summed E-state index contributed by atoms with van der Waals surface area (Å²) in [5.74, 6) is -1.14. The van der Waals surface area contributed by atoms with E-state index in [9.17, 15) is 8.78 Å². The number of nitrogens with two attached hydrogens (primary N) is 1. The van der Waals surface area contributed by atoms with E-state index in [-0.39, 0.29) is 4.47 Å². The van der Waals surface area contributed by atoms with Gasteiger partial charge in [0.15, 0.2) is 0 Å². The van der Waals surface area contributed by atoms with Crippen LogP contribution in [-0.4, -0.2) is 0 Å². The maximum absolute atomic E-state index is 13.4. The summed E-state index contributed by atoms with van der Waals surface area (Å²) in [5, 5.41) is 0. The summed E-state index contributed by atoms with van der Waals surface area (Å²) in [6, 6.07) is 2.33. The van der Waals surface area contributed by atoms with E-state index in [1.807, 2.05) is 0 Å². The van der Waals surface area contributed by atoms with Crippen LogP contribution in [0.15, 0.2) is 16.6 Å². The molecule has 0 spiro atoms. The van der Waals surface area contributed by atoms with Crippen molar-refractivity contribution in [2.24, 2.45) is 5.73 Å². The molecule has 1 aromatic rings. The van der Waals surface area contributed by atoms with Gasteiger partial charge in [-0.05, 0) is 41.3 Å². The Hall–Kier alpha value is -0.480. The van der Waals surface area contributed by atoms with E-state index in [2.05, 4.69) is 15.9 Å². The average molecular weight is 262 g/mol. The van der Waals surface area contributed by atoms with E-state index in [0.29, 0.717) is 5.56 Å². The average Bonchev–Trinajstić information content (AvgIpc) is 2.07. The molecule has 0 atom stereocenters. The molecule has 14 heavy (non-hydrogen) atoms. The zero-order valence-corrected chi connectivity index (χ0v) is 9.07. The van der Waals surface area contributed by atoms with Crippen LogP contribution in [0, 0.1) is 11.6 Å². The predicted octanol–water partition coefficient (Wildman–Crippen LogP) is 3.07. The smallest absolute Gasteiger partial charge is 0.140 e. The van der Waals surface area contributed by atoms with Crippen LogP contribution in [0.1, 0.15) is 24.8 Å². The Kier molecular flexibility index (Phi) is 2.35. The first kappa shape index (κ1) is 10.1. The molecular weight excluding hydrogens is 252 g/mol. The first-order valence-corrected chi connectivity index (χ1v) is 5.26. The SMILES string of the molecule is NC1(c2cc(Br)c(F)cc2F)CCC1. The molecule has 2 rings (SSSR count). The van der Waals surface area contributed by atoms with Gasteiger partial charge in [-0.25, -0.2) is 8.78 Å². The summed E-state index contributed by atoms with van der Waals surface area (Å²) in [4.78, 5) is 0. The van der Waals surface area contributed by atoms with Crippen molar-refractivity contribution >= 4 is 15.9 Å². The Morgan fingerprint density at radius 3 is 2.36 bits per heavy atom. The molecule has 4 heteroatoms. The van der Waals surface area contributed by atoms with Gasteiger partial charge >= 0.3 is 0 Å². The minimum atomic E-state index is -0.589. The molecule has 0 bridgehead atoms. The topological polar surface area (TPSA) is 26.0 Å². The molecule has 1 nitrogen and oxygen atoms in total. The van der Waals surface area contributed by atoms with Gasteiger partial charge in [-0.15, -0.1) is 0 Å². The third-order valence-electron chi connectivity index (χ3n) is 2.79. The maximum atomic E-state index is 13.4. The highest BCUT2D eigenvalue weighted by atomic mass is 79.9. The van der Waals surface area contributed by atoms with E-state index >= 15 is 0 Å². The second kappa shape index (κ2) is 3.28. The summed E-state index contributed by atoms with van der Waals surface area (Å²) in [6.07, 6.45) is 2.54. The van der Waals surface area contributed by atoms with Gasteiger partial charge in [-0.1, -0.05) is 0 Å². The van der Waals surface area contributed by atoms with Crippen LogP contribution in [-0.2, 0) is 5.54 Å². The molecule has 2 N–H and O–H groups in total. The molecular formula is C10H10BrF2N. The van der Waals surface area contributed by atoms with Crippen LogP contribution in [0.3, 0.4) is 0 Å². The number of benzene rings is 1. The Balaban J connectivity index is 2.48. The van der Waals surface area contributed by atoms with Crippen LogP contribution in [0.2, 0.25) is 0 Å². The minimum Gasteiger partial charge on any atom is -0.321 e. The molecule has 0 aromatic heterocycles. The van der Waals surface area contributed by atoms with E-state index in [4.69, 9.17) is 5.73 Å². The van der Waals surface area contributed by atoms with Crippen molar-refractivity contribution in [1.29, 1.82) is 0 Å². The van der Waals surface area contributed by atoms with E-state index < -0.39 is 17.2 Å². The standard InChI is InChI=1S/C10H10BrF2N/c11-7-4-6(8(12)5-9(7)13)10(14)2-1-3-10/h4-5H,1-3,14H2. The van der Waals surface area contributed by atoms with Gasteiger partial charge in [0.05, 0.1) is 4.47 Å². The van der Waals surface area contributed by atoms with Crippen molar-refractivity contribution in [3.8, 4) is 0 Å². The second-order valence-electron chi connectivity index (χ2n) is 3.76. The Morgan fingerprint density at radius 2 is 1.86 bits per heavy atom. The molecule has 1 aliphatic carbocycles. The normalized spacial score (nSPS) is 19.1. The quantitative estimate of drug-likeness (QED) is 0.773. The fourth-order valence-electron chi connectivity index (χ4n) is 1.73. The molecule has 0 aliphatic heterocycles. The Bertz CT molecular complexity index is 375. The van der Waals surface area contributed by atoms with Crippen molar-refractivity contribution in [2.75, 3.05) is 0 Å². The third-order valence-corrected chi connectivity index (χ3v) is 3.40. The molecule has 0 saturated heterocycles. The molecule has 0 heterocycles. The Morgan fingerprint density at radius 1 is 1.21 bits per heavy atom. The highest BCUT2D eigenvalue weighted by Gasteiger charge is 2.37. The largest absolute Gasteiger partial charge is 0.321 e. The summed E-state index contributed by atoms with van der Waals surface area (Å²) < 4.78 is 26.6. The molecule has 76 valence electrons. The fraction of sp³-hybridized carbons (Fsp3) is 0.400. The van der Waals surface area contributed by atoms with Crippen LogP contribution in [0.25, 0.3) is 0 Å². The van der Waals surface area contributed by atoms with Crippen molar-refractivity contribution in [3.63, 3.8) is 0 Å². The van der Waals surface area contributed by atoms with Gasteiger partial charge in [-0.3, -0.25) is 0 Å². The maximum Gasteiger partial charge on any atom is 0.140 e. The van der Waals surface area contributed by atoms with Gasteiger partial charge in [0.2, 0.25) is 0 Å². The van der Waals surface area contributed by atoms with Crippen molar-refractivity contribution in [2.45, 2.75) is 24.8 Å². The van der Waals surface area contributed by atoms with Gasteiger partial charge in [0.1, 0.15) is 11.6 Å². The minimum absolute atomic E-state index is 0.269. The molecule has 1 aliphatic rings. The van der Waals surface area contributed by atoms with E-state index in [0.717, 1.165) is 25.3 Å². The summed E-state index contributed by atoms with van der Waals surface area (Å²) in [6.45, 7) is 0. The molecule has 1 saturated carbocycles. The number of hydrogen-bond acceptors (Lipinski definition) is 1. The molecule has 0 radical (unpaired) electrons. The van der Waals surface area contributed by atoms with Crippen LogP contribution >= 0.6 is 15.9 Å². The number of halogens is 3. The van der Waals surface area contributed by atoms with E-state index in [1.165, 1.54) is 6.07 Å². The lowest BCUT2D eigenvalue weighted by Crippen LogP contribution is -2.44. The monoisotopic (exact) mass is 261 g/mol. The van der Waals surface area contributed by atoms with Gasteiger partial charge < -0.3 is 5.73 Å². The second-order valence-corrected chi connectivity index (χ2v) is 4.61. The van der Waals surface area contributed by atoms with E-state index in [1.54, 1.807) is 0 Å². The van der Waals surface area contributed by atoms with Gasteiger partial charge in [0.25, 0.3) is 0 Å². The van der Waals surface area contributed by atoms with Crippen molar-refractivity contribution in [1.82, 2.24) is 0 Å². The summed E-state index contributed by atoms with van der Waals surface area (Å²) >= 11 is 3.03. The van der Waals surface area contributed by atoms with Crippen LogP contribution in [0.5, 0.6) is 0 Å². The number of hydrogen-bond donors (Lipinski definition) is 1. The highest BCUT2D eigenvalue weighted by molar-refractivity contribution is 9.10. The lowest BCUT2D eigenvalue weighted by molar-refractivity contribution is 0.244. The zero-order chi connectivity index (χ0) is 10.3. The van der Waals surface area contributed by atoms with Crippen LogP contribution in [0.4, 0.5) is 8.78 Å². The lowest BCUT2D eigenvalue weighted by Gasteiger charge is -2.38. The zero-order valence-electron chi connectivity index (χ0n) is 7.49. The molecule has 1 aromatic carbocycles. The predicted molar refractivity (Wildman–Crippen MR) is 53.8 cm³/mol.